The van der Waals surface area contributed by atoms with Gasteiger partial charge in [-0.15, -0.1) is 0 Å². The van der Waals surface area contributed by atoms with E-state index in [2.05, 4.69) is 35.4 Å². The second kappa shape index (κ2) is 9.71. The number of ether oxygens (including phenoxy) is 1. The highest BCUT2D eigenvalue weighted by atomic mass is 16.5. The van der Waals surface area contributed by atoms with Gasteiger partial charge >= 0.3 is 0 Å². The number of methoxy groups -OCH3 is 1. The third-order valence-electron chi connectivity index (χ3n) is 5.58. The highest BCUT2D eigenvalue weighted by molar-refractivity contribution is 6.00. The van der Waals surface area contributed by atoms with Gasteiger partial charge in [-0.25, -0.2) is 0 Å². The molecule has 2 aromatic carbocycles. The molecule has 150 valence electrons. The SMILES string of the molecule is COCCN1CCC(CNC(=O)c2ccccc2Nc2cccc(C)c2C)C1. The molecule has 0 spiro atoms. The number of nitrogens with one attached hydrogen (secondary N) is 2. The first-order chi connectivity index (χ1) is 13.6. The molecular formula is C23H31N3O2. The molecule has 5 nitrogen and oxygen atoms in total. The van der Waals surface area contributed by atoms with Crippen molar-refractivity contribution >= 4 is 17.3 Å². The van der Waals surface area contributed by atoms with Crippen LogP contribution in [-0.2, 0) is 4.74 Å². The Hall–Kier alpha value is -2.37. The van der Waals surface area contributed by atoms with E-state index in [0.29, 0.717) is 18.0 Å². The largest absolute Gasteiger partial charge is 0.383 e. The lowest BCUT2D eigenvalue weighted by atomic mass is 10.1. The quantitative estimate of drug-likeness (QED) is 0.731. The van der Waals surface area contributed by atoms with Crippen LogP contribution in [0.1, 0.15) is 27.9 Å². The van der Waals surface area contributed by atoms with E-state index in [-0.39, 0.29) is 5.91 Å². The van der Waals surface area contributed by atoms with Gasteiger partial charge in [0, 0.05) is 32.4 Å². The van der Waals surface area contributed by atoms with E-state index in [0.717, 1.165) is 44.0 Å². The van der Waals surface area contributed by atoms with E-state index in [4.69, 9.17) is 4.74 Å². The van der Waals surface area contributed by atoms with Gasteiger partial charge in [0.2, 0.25) is 0 Å². The molecular weight excluding hydrogens is 350 g/mol. The van der Waals surface area contributed by atoms with Crippen molar-refractivity contribution in [3.05, 3.63) is 59.2 Å². The summed E-state index contributed by atoms with van der Waals surface area (Å²) >= 11 is 0. The highest BCUT2D eigenvalue weighted by Gasteiger charge is 2.23. The minimum Gasteiger partial charge on any atom is -0.383 e. The first-order valence-electron chi connectivity index (χ1n) is 10.00. The van der Waals surface area contributed by atoms with Crippen molar-refractivity contribution in [3.8, 4) is 0 Å². The van der Waals surface area contributed by atoms with Crippen molar-refractivity contribution in [2.24, 2.45) is 5.92 Å². The molecule has 1 unspecified atom stereocenters. The second-order valence-electron chi connectivity index (χ2n) is 7.58. The van der Waals surface area contributed by atoms with Crippen molar-refractivity contribution in [2.75, 3.05) is 45.2 Å². The average Bonchev–Trinajstić information content (AvgIpc) is 3.16. The summed E-state index contributed by atoms with van der Waals surface area (Å²) in [4.78, 5) is 15.2. The van der Waals surface area contributed by atoms with Crippen molar-refractivity contribution in [1.82, 2.24) is 10.2 Å². The molecule has 1 atom stereocenters. The van der Waals surface area contributed by atoms with Crippen LogP contribution in [0.5, 0.6) is 0 Å². The molecule has 1 heterocycles. The monoisotopic (exact) mass is 381 g/mol. The Morgan fingerprint density at radius 3 is 2.75 bits per heavy atom. The van der Waals surface area contributed by atoms with Crippen molar-refractivity contribution in [2.45, 2.75) is 20.3 Å². The number of likely N-dealkylation sites (tertiary alicyclic amines) is 1. The van der Waals surface area contributed by atoms with E-state index >= 15 is 0 Å². The summed E-state index contributed by atoms with van der Waals surface area (Å²) in [6.07, 6.45) is 1.12. The Balaban J connectivity index is 1.61. The predicted octanol–water partition coefficient (Wildman–Crippen LogP) is 3.75. The Kier molecular flexibility index (Phi) is 7.06. The molecule has 3 rings (SSSR count). The number of hydrogen-bond acceptors (Lipinski definition) is 4. The number of anilines is 2. The van der Waals surface area contributed by atoms with Crippen LogP contribution in [0.25, 0.3) is 0 Å². The summed E-state index contributed by atoms with van der Waals surface area (Å²) in [5.41, 5.74) is 4.97. The summed E-state index contributed by atoms with van der Waals surface area (Å²) in [6, 6.07) is 13.9. The molecule has 5 heteroatoms. The summed E-state index contributed by atoms with van der Waals surface area (Å²) in [5.74, 6) is 0.476. The maximum absolute atomic E-state index is 12.8. The van der Waals surface area contributed by atoms with E-state index in [1.807, 2.05) is 36.4 Å². The van der Waals surface area contributed by atoms with Gasteiger partial charge in [-0.3, -0.25) is 4.79 Å². The third kappa shape index (κ3) is 5.12. The lowest BCUT2D eigenvalue weighted by Crippen LogP contribution is -2.32. The molecule has 0 aliphatic carbocycles. The normalized spacial score (nSPS) is 16.9. The number of rotatable bonds is 8. The fourth-order valence-corrected chi connectivity index (χ4v) is 3.66. The predicted molar refractivity (Wildman–Crippen MR) is 114 cm³/mol. The molecule has 1 amide bonds. The Bertz CT molecular complexity index is 806. The summed E-state index contributed by atoms with van der Waals surface area (Å²) in [6.45, 7) is 8.72. The van der Waals surface area contributed by atoms with Crippen LogP contribution in [0, 0.1) is 19.8 Å². The molecule has 1 aliphatic heterocycles. The number of carbonyl (C=O) groups is 1. The zero-order valence-corrected chi connectivity index (χ0v) is 17.1. The molecule has 2 aromatic rings. The van der Waals surface area contributed by atoms with Gasteiger partial charge in [0.15, 0.2) is 0 Å². The molecule has 1 aliphatic rings. The van der Waals surface area contributed by atoms with Gasteiger partial charge in [-0.2, -0.15) is 0 Å². The van der Waals surface area contributed by atoms with Crippen LogP contribution in [0.2, 0.25) is 0 Å². The standard InChI is InChI=1S/C23H31N3O2/c1-17-7-6-10-21(18(17)2)25-22-9-5-4-8-20(22)23(27)24-15-19-11-12-26(16-19)13-14-28-3/h4-10,19,25H,11-16H2,1-3H3,(H,24,27). The first-order valence-corrected chi connectivity index (χ1v) is 10.00. The van der Waals surface area contributed by atoms with Gasteiger partial charge in [0.1, 0.15) is 0 Å². The van der Waals surface area contributed by atoms with E-state index in [1.54, 1.807) is 7.11 Å². The van der Waals surface area contributed by atoms with Crippen LogP contribution in [0.4, 0.5) is 11.4 Å². The second-order valence-corrected chi connectivity index (χ2v) is 7.58. The number of benzene rings is 2. The third-order valence-corrected chi connectivity index (χ3v) is 5.58. The van der Waals surface area contributed by atoms with E-state index in [1.165, 1.54) is 11.1 Å². The van der Waals surface area contributed by atoms with Crippen LogP contribution in [-0.4, -0.2) is 50.7 Å². The van der Waals surface area contributed by atoms with Gasteiger partial charge in [0.05, 0.1) is 17.9 Å². The Labute approximate surface area is 168 Å². The zero-order chi connectivity index (χ0) is 19.9. The van der Waals surface area contributed by atoms with Gasteiger partial charge in [-0.1, -0.05) is 24.3 Å². The maximum atomic E-state index is 12.8. The fourth-order valence-electron chi connectivity index (χ4n) is 3.66. The number of para-hydroxylation sites is 1. The number of amides is 1. The number of hydrogen-bond donors (Lipinski definition) is 2. The Morgan fingerprint density at radius 2 is 1.93 bits per heavy atom. The molecule has 0 radical (unpaired) electrons. The van der Waals surface area contributed by atoms with Crippen molar-refractivity contribution in [1.29, 1.82) is 0 Å². The van der Waals surface area contributed by atoms with Crippen LogP contribution < -0.4 is 10.6 Å². The molecule has 2 N–H and O–H groups in total. The van der Waals surface area contributed by atoms with Gasteiger partial charge in [0.25, 0.3) is 5.91 Å². The summed E-state index contributed by atoms with van der Waals surface area (Å²) in [5, 5.41) is 6.57. The lowest BCUT2D eigenvalue weighted by molar-refractivity contribution is 0.0947. The number of nitrogens with zero attached hydrogens (tertiary/aromatic N) is 1. The topological polar surface area (TPSA) is 53.6 Å². The number of aryl methyl sites for hydroxylation is 1. The van der Waals surface area contributed by atoms with Crippen LogP contribution in [0.3, 0.4) is 0 Å². The summed E-state index contributed by atoms with van der Waals surface area (Å²) in [7, 11) is 1.73. The zero-order valence-electron chi connectivity index (χ0n) is 17.1. The minimum absolute atomic E-state index is 0.0243. The van der Waals surface area contributed by atoms with Crippen LogP contribution >= 0.6 is 0 Å². The molecule has 0 bridgehead atoms. The lowest BCUT2D eigenvalue weighted by Gasteiger charge is -2.17. The number of carbonyl (C=O) groups excluding carboxylic acids is 1. The average molecular weight is 382 g/mol. The molecule has 0 saturated carbocycles. The minimum atomic E-state index is -0.0243. The smallest absolute Gasteiger partial charge is 0.253 e. The maximum Gasteiger partial charge on any atom is 0.253 e. The first kappa shape index (κ1) is 20.4. The summed E-state index contributed by atoms with van der Waals surface area (Å²) < 4.78 is 5.15. The Morgan fingerprint density at radius 1 is 1.14 bits per heavy atom. The molecule has 28 heavy (non-hydrogen) atoms. The van der Waals surface area contributed by atoms with Crippen molar-refractivity contribution in [3.63, 3.8) is 0 Å². The molecule has 1 saturated heterocycles. The van der Waals surface area contributed by atoms with E-state index < -0.39 is 0 Å². The molecule has 1 fully saturated rings. The highest BCUT2D eigenvalue weighted by Crippen LogP contribution is 2.25. The fraction of sp³-hybridized carbons (Fsp3) is 0.435. The van der Waals surface area contributed by atoms with Crippen LogP contribution in [0.15, 0.2) is 42.5 Å². The van der Waals surface area contributed by atoms with Crippen molar-refractivity contribution < 1.29 is 9.53 Å². The van der Waals surface area contributed by atoms with Gasteiger partial charge in [-0.05, 0) is 62.1 Å². The van der Waals surface area contributed by atoms with Gasteiger partial charge < -0.3 is 20.3 Å². The molecule has 0 aromatic heterocycles. The van der Waals surface area contributed by atoms with E-state index in [9.17, 15) is 4.79 Å².